The van der Waals surface area contributed by atoms with Gasteiger partial charge in [0.25, 0.3) is 0 Å². The van der Waals surface area contributed by atoms with Crippen LogP contribution in [0.3, 0.4) is 0 Å². The largest absolute Gasteiger partial charge is 0.469 e. The van der Waals surface area contributed by atoms with Crippen LogP contribution in [0.15, 0.2) is 30.3 Å². The number of hydrogen-bond acceptors (Lipinski definition) is 5. The van der Waals surface area contributed by atoms with Crippen LogP contribution in [0.2, 0.25) is 0 Å². The van der Waals surface area contributed by atoms with Gasteiger partial charge in [-0.05, 0) is 19.0 Å². The van der Waals surface area contributed by atoms with E-state index in [1.807, 2.05) is 42.3 Å². The van der Waals surface area contributed by atoms with Crippen molar-refractivity contribution in [3.63, 3.8) is 0 Å². The van der Waals surface area contributed by atoms with E-state index in [9.17, 15) is 13.2 Å². The summed E-state index contributed by atoms with van der Waals surface area (Å²) < 4.78 is 28.0. The molecule has 1 aromatic rings. The van der Waals surface area contributed by atoms with E-state index in [2.05, 4.69) is 0 Å². The van der Waals surface area contributed by atoms with Crippen molar-refractivity contribution >= 4 is 15.8 Å². The van der Waals surface area contributed by atoms with E-state index in [-0.39, 0.29) is 23.5 Å². The molecule has 1 heterocycles. The maximum Gasteiger partial charge on any atom is 0.314 e. The maximum atomic E-state index is 12.0. The van der Waals surface area contributed by atoms with Gasteiger partial charge < -0.3 is 9.64 Å². The molecule has 0 bridgehead atoms. The third kappa shape index (κ3) is 4.04. The zero-order valence-electron chi connectivity index (χ0n) is 12.4. The quantitative estimate of drug-likeness (QED) is 0.761. The minimum absolute atomic E-state index is 0.0223. The number of benzene rings is 1. The van der Waals surface area contributed by atoms with Crippen LogP contribution in [-0.4, -0.2) is 57.5 Å². The van der Waals surface area contributed by atoms with Crippen molar-refractivity contribution in [1.82, 2.24) is 4.90 Å². The fraction of sp³-hybridized carbons (Fsp3) is 0.533. The Morgan fingerprint density at radius 2 is 2.05 bits per heavy atom. The molecule has 6 heteroatoms. The second kappa shape index (κ2) is 6.58. The molecule has 0 spiro atoms. The first kappa shape index (κ1) is 16.0. The Kier molecular flexibility index (Phi) is 5.00. The maximum absolute atomic E-state index is 12.0. The molecule has 2 rings (SSSR count). The lowest BCUT2D eigenvalue weighted by Crippen LogP contribution is -2.38. The molecule has 116 valence electrons. The Bertz CT molecular complexity index is 585. The molecule has 21 heavy (non-hydrogen) atoms. The van der Waals surface area contributed by atoms with Crippen molar-refractivity contribution in [3.8, 4) is 0 Å². The van der Waals surface area contributed by atoms with Gasteiger partial charge in [-0.25, -0.2) is 8.42 Å². The highest BCUT2D eigenvalue weighted by Crippen LogP contribution is 2.22. The molecule has 0 aromatic heterocycles. The third-order valence-corrected chi connectivity index (χ3v) is 5.74. The molecule has 0 N–H and O–H groups in total. The van der Waals surface area contributed by atoms with Crippen LogP contribution in [0, 0.1) is 0 Å². The smallest absolute Gasteiger partial charge is 0.314 e. The lowest BCUT2D eigenvalue weighted by molar-refractivity contribution is -0.143. The molecule has 1 aliphatic rings. The average molecular weight is 311 g/mol. The molecule has 1 aliphatic heterocycles. The lowest BCUT2D eigenvalue weighted by atomic mass is 9.98. The highest BCUT2D eigenvalue weighted by molar-refractivity contribution is 7.91. The normalized spacial score (nSPS) is 22.1. The second-order valence-electron chi connectivity index (χ2n) is 5.48. The number of nitrogens with zero attached hydrogens (tertiary/aromatic N) is 1. The Morgan fingerprint density at radius 3 is 2.57 bits per heavy atom. The standard InChI is InChI=1S/C15H21NO4S/c1-16(13-8-9-21(18,19)11-13)10-14(15(17)20-2)12-6-4-3-5-7-12/h3-7,13-14H,8-11H2,1-2H3. The Morgan fingerprint density at radius 1 is 1.38 bits per heavy atom. The number of sulfone groups is 1. The minimum atomic E-state index is -2.92. The second-order valence-corrected chi connectivity index (χ2v) is 7.71. The Hall–Kier alpha value is -1.40. The number of carbonyl (C=O) groups is 1. The van der Waals surface area contributed by atoms with E-state index in [1.165, 1.54) is 7.11 Å². The zero-order chi connectivity index (χ0) is 15.5. The first-order valence-electron chi connectivity index (χ1n) is 6.96. The fourth-order valence-corrected chi connectivity index (χ4v) is 4.51. The van der Waals surface area contributed by atoms with Crippen LogP contribution >= 0.6 is 0 Å². The number of rotatable bonds is 5. The third-order valence-electron chi connectivity index (χ3n) is 3.99. The molecule has 0 saturated carbocycles. The van der Waals surface area contributed by atoms with Gasteiger partial charge in [-0.1, -0.05) is 30.3 Å². The summed E-state index contributed by atoms with van der Waals surface area (Å²) in [6.45, 7) is 0.455. The van der Waals surface area contributed by atoms with Gasteiger partial charge >= 0.3 is 5.97 Å². The summed E-state index contributed by atoms with van der Waals surface area (Å²) in [7, 11) is 0.314. The fourth-order valence-electron chi connectivity index (χ4n) is 2.70. The number of hydrogen-bond donors (Lipinski definition) is 0. The summed E-state index contributed by atoms with van der Waals surface area (Å²) in [5.74, 6) is -0.291. The van der Waals surface area contributed by atoms with E-state index >= 15 is 0 Å². The molecular weight excluding hydrogens is 290 g/mol. The first-order chi connectivity index (χ1) is 9.93. The van der Waals surface area contributed by atoms with Crippen molar-refractivity contribution in [2.45, 2.75) is 18.4 Å². The predicted molar refractivity (Wildman–Crippen MR) is 80.9 cm³/mol. The van der Waals surface area contributed by atoms with Crippen LogP contribution in [-0.2, 0) is 19.4 Å². The van der Waals surface area contributed by atoms with Crippen molar-refractivity contribution < 1.29 is 17.9 Å². The average Bonchev–Trinajstić information content (AvgIpc) is 2.85. The molecule has 0 amide bonds. The molecule has 1 fully saturated rings. The number of esters is 1. The molecule has 5 nitrogen and oxygen atoms in total. The van der Waals surface area contributed by atoms with Gasteiger partial charge in [0, 0.05) is 12.6 Å². The highest BCUT2D eigenvalue weighted by atomic mass is 32.2. The Balaban J connectivity index is 2.11. The van der Waals surface area contributed by atoms with Gasteiger partial charge in [0.15, 0.2) is 9.84 Å². The van der Waals surface area contributed by atoms with Crippen LogP contribution < -0.4 is 0 Å². The van der Waals surface area contributed by atoms with E-state index < -0.39 is 15.8 Å². The minimum Gasteiger partial charge on any atom is -0.469 e. The van der Waals surface area contributed by atoms with E-state index in [4.69, 9.17) is 4.74 Å². The SMILES string of the molecule is COC(=O)C(CN(C)C1CCS(=O)(=O)C1)c1ccccc1. The van der Waals surface area contributed by atoms with E-state index in [0.29, 0.717) is 13.0 Å². The molecule has 2 unspecified atom stereocenters. The van der Waals surface area contributed by atoms with Gasteiger partial charge in [-0.3, -0.25) is 4.79 Å². The monoisotopic (exact) mass is 311 g/mol. The molecule has 2 atom stereocenters. The summed E-state index contributed by atoms with van der Waals surface area (Å²) in [5, 5.41) is 0. The van der Waals surface area contributed by atoms with Crippen molar-refractivity contribution in [1.29, 1.82) is 0 Å². The van der Waals surface area contributed by atoms with Crippen molar-refractivity contribution in [2.75, 3.05) is 32.2 Å². The van der Waals surface area contributed by atoms with Crippen LogP contribution in [0.25, 0.3) is 0 Å². The topological polar surface area (TPSA) is 63.7 Å². The van der Waals surface area contributed by atoms with Gasteiger partial charge in [-0.15, -0.1) is 0 Å². The molecule has 1 aromatic carbocycles. The van der Waals surface area contributed by atoms with Gasteiger partial charge in [-0.2, -0.15) is 0 Å². The summed E-state index contributed by atoms with van der Waals surface area (Å²) in [6, 6.07) is 9.41. The molecule has 1 saturated heterocycles. The zero-order valence-corrected chi connectivity index (χ0v) is 13.2. The van der Waals surface area contributed by atoms with E-state index in [1.54, 1.807) is 0 Å². The van der Waals surface area contributed by atoms with Gasteiger partial charge in [0.1, 0.15) is 0 Å². The first-order valence-corrected chi connectivity index (χ1v) is 8.78. The predicted octanol–water partition coefficient (Wildman–Crippen LogP) is 1.06. The molecule has 0 radical (unpaired) electrons. The van der Waals surface area contributed by atoms with Crippen molar-refractivity contribution in [2.24, 2.45) is 0 Å². The number of carbonyl (C=O) groups excluding carboxylic acids is 1. The van der Waals surface area contributed by atoms with Gasteiger partial charge in [0.05, 0.1) is 24.5 Å². The molecule has 0 aliphatic carbocycles. The Labute approximate surface area is 125 Å². The summed E-state index contributed by atoms with van der Waals surface area (Å²) in [4.78, 5) is 14.0. The van der Waals surface area contributed by atoms with Crippen LogP contribution in [0.5, 0.6) is 0 Å². The van der Waals surface area contributed by atoms with Crippen LogP contribution in [0.1, 0.15) is 17.9 Å². The molecular formula is C15H21NO4S. The summed E-state index contributed by atoms with van der Waals surface area (Å²) >= 11 is 0. The van der Waals surface area contributed by atoms with Gasteiger partial charge in [0.2, 0.25) is 0 Å². The number of ether oxygens (including phenoxy) is 1. The number of methoxy groups -OCH3 is 1. The van der Waals surface area contributed by atoms with E-state index in [0.717, 1.165) is 5.56 Å². The summed E-state index contributed by atoms with van der Waals surface area (Å²) in [6.07, 6.45) is 0.627. The number of likely N-dealkylation sites (N-methyl/N-ethyl adjacent to an activating group) is 1. The lowest BCUT2D eigenvalue weighted by Gasteiger charge is -2.27. The highest BCUT2D eigenvalue weighted by Gasteiger charge is 2.33. The summed E-state index contributed by atoms with van der Waals surface area (Å²) in [5.41, 5.74) is 0.886. The van der Waals surface area contributed by atoms with Crippen LogP contribution in [0.4, 0.5) is 0 Å². The van der Waals surface area contributed by atoms with Crippen molar-refractivity contribution in [3.05, 3.63) is 35.9 Å².